The molecular weight excluding hydrogens is 389 g/mol. The first-order chi connectivity index (χ1) is 10.6. The molecule has 1 aliphatic heterocycles. The SMILES string of the molecule is COCCN1CC[C@@]12C[C@@H]1[C@H](C2)[C@H]1c1cc(I)nn1C(C)C. The maximum absolute atomic E-state index is 5.27. The molecule has 1 aromatic heterocycles. The monoisotopic (exact) mass is 415 g/mol. The van der Waals surface area contributed by atoms with Crippen LogP contribution in [0.3, 0.4) is 0 Å². The van der Waals surface area contributed by atoms with Gasteiger partial charge >= 0.3 is 0 Å². The predicted molar refractivity (Wildman–Crippen MR) is 95.1 cm³/mol. The molecule has 0 bridgehead atoms. The summed E-state index contributed by atoms with van der Waals surface area (Å²) in [7, 11) is 1.81. The van der Waals surface area contributed by atoms with E-state index in [1.807, 2.05) is 7.11 Å². The lowest BCUT2D eigenvalue weighted by molar-refractivity contribution is -0.0343. The highest BCUT2D eigenvalue weighted by Gasteiger charge is 2.65. The highest BCUT2D eigenvalue weighted by atomic mass is 127. The lowest BCUT2D eigenvalue weighted by atomic mass is 9.78. The number of hydrogen-bond donors (Lipinski definition) is 0. The summed E-state index contributed by atoms with van der Waals surface area (Å²) < 4.78 is 8.68. The van der Waals surface area contributed by atoms with Crippen molar-refractivity contribution in [2.45, 2.75) is 50.6 Å². The van der Waals surface area contributed by atoms with Crippen LogP contribution in [0, 0.1) is 15.5 Å². The van der Waals surface area contributed by atoms with Crippen molar-refractivity contribution in [3.8, 4) is 0 Å². The average molecular weight is 415 g/mol. The fraction of sp³-hybridized carbons (Fsp3) is 0.824. The van der Waals surface area contributed by atoms with Gasteiger partial charge in [-0.15, -0.1) is 0 Å². The summed E-state index contributed by atoms with van der Waals surface area (Å²) in [6, 6.07) is 2.79. The minimum absolute atomic E-state index is 0.468. The van der Waals surface area contributed by atoms with Crippen LogP contribution in [0.2, 0.25) is 0 Å². The number of halogens is 1. The molecule has 122 valence electrons. The lowest BCUT2D eigenvalue weighted by Gasteiger charge is -2.52. The second-order valence-electron chi connectivity index (χ2n) is 7.65. The highest BCUT2D eigenvalue weighted by Crippen LogP contribution is 2.69. The van der Waals surface area contributed by atoms with Gasteiger partial charge in [0, 0.05) is 43.4 Å². The molecule has 0 aromatic carbocycles. The molecule has 1 saturated heterocycles. The molecule has 0 radical (unpaired) electrons. The van der Waals surface area contributed by atoms with Gasteiger partial charge in [0.2, 0.25) is 0 Å². The maximum Gasteiger partial charge on any atom is 0.123 e. The average Bonchev–Trinajstić information content (AvgIpc) is 2.85. The smallest absolute Gasteiger partial charge is 0.123 e. The molecule has 2 aliphatic carbocycles. The van der Waals surface area contributed by atoms with Gasteiger partial charge in [-0.2, -0.15) is 5.10 Å². The molecule has 2 heterocycles. The molecular formula is C17H26IN3O. The number of ether oxygens (including phenoxy) is 1. The molecule has 4 atom stereocenters. The molecule has 3 fully saturated rings. The second kappa shape index (κ2) is 5.45. The summed E-state index contributed by atoms with van der Waals surface area (Å²) in [6.07, 6.45) is 4.19. The zero-order chi connectivity index (χ0) is 15.5. The second-order valence-corrected chi connectivity index (χ2v) is 8.75. The van der Waals surface area contributed by atoms with Gasteiger partial charge in [-0.3, -0.25) is 9.58 Å². The van der Waals surface area contributed by atoms with E-state index in [0.29, 0.717) is 11.6 Å². The molecule has 1 spiro atoms. The molecule has 2 saturated carbocycles. The van der Waals surface area contributed by atoms with Crippen LogP contribution in [-0.2, 0) is 4.74 Å². The topological polar surface area (TPSA) is 30.3 Å². The number of fused-ring (bicyclic) bond motifs is 1. The molecule has 4 nitrogen and oxygen atoms in total. The van der Waals surface area contributed by atoms with Crippen molar-refractivity contribution in [1.82, 2.24) is 14.7 Å². The van der Waals surface area contributed by atoms with E-state index < -0.39 is 0 Å². The van der Waals surface area contributed by atoms with E-state index >= 15 is 0 Å². The van der Waals surface area contributed by atoms with Gasteiger partial charge in [0.05, 0.1) is 6.61 Å². The van der Waals surface area contributed by atoms with E-state index in [4.69, 9.17) is 9.84 Å². The zero-order valence-corrected chi connectivity index (χ0v) is 15.9. The van der Waals surface area contributed by atoms with Crippen LogP contribution in [-0.4, -0.2) is 47.0 Å². The van der Waals surface area contributed by atoms with Crippen molar-refractivity contribution >= 4 is 22.6 Å². The third kappa shape index (κ3) is 2.26. The maximum atomic E-state index is 5.27. The molecule has 1 aromatic rings. The third-order valence-electron chi connectivity index (χ3n) is 6.21. The van der Waals surface area contributed by atoms with Crippen LogP contribution in [0.25, 0.3) is 0 Å². The number of aromatic nitrogens is 2. The summed E-state index contributed by atoms with van der Waals surface area (Å²) >= 11 is 2.35. The van der Waals surface area contributed by atoms with E-state index in [0.717, 1.165) is 34.6 Å². The third-order valence-corrected chi connectivity index (χ3v) is 6.74. The van der Waals surface area contributed by atoms with Crippen molar-refractivity contribution in [2.24, 2.45) is 11.8 Å². The van der Waals surface area contributed by atoms with E-state index in [1.165, 1.54) is 31.5 Å². The van der Waals surface area contributed by atoms with Gasteiger partial charge in [0.15, 0.2) is 0 Å². The van der Waals surface area contributed by atoms with Gasteiger partial charge in [0.25, 0.3) is 0 Å². The van der Waals surface area contributed by atoms with Gasteiger partial charge < -0.3 is 4.74 Å². The normalized spacial score (nSPS) is 36.9. The van der Waals surface area contributed by atoms with Crippen molar-refractivity contribution in [3.63, 3.8) is 0 Å². The van der Waals surface area contributed by atoms with Crippen molar-refractivity contribution < 1.29 is 4.74 Å². The quantitative estimate of drug-likeness (QED) is 0.692. The summed E-state index contributed by atoms with van der Waals surface area (Å²) in [5, 5.41) is 4.70. The van der Waals surface area contributed by atoms with E-state index in [9.17, 15) is 0 Å². The summed E-state index contributed by atoms with van der Waals surface area (Å²) in [5.74, 6) is 2.57. The van der Waals surface area contributed by atoms with Crippen molar-refractivity contribution in [1.29, 1.82) is 0 Å². The van der Waals surface area contributed by atoms with Crippen LogP contribution in [0.5, 0.6) is 0 Å². The van der Waals surface area contributed by atoms with Crippen molar-refractivity contribution in [2.75, 3.05) is 26.8 Å². The largest absolute Gasteiger partial charge is 0.383 e. The number of rotatable bonds is 5. The van der Waals surface area contributed by atoms with Crippen molar-refractivity contribution in [3.05, 3.63) is 15.5 Å². The Balaban J connectivity index is 1.45. The summed E-state index contributed by atoms with van der Waals surface area (Å²) in [6.45, 7) is 7.74. The first kappa shape index (κ1) is 15.4. The van der Waals surface area contributed by atoms with E-state index in [-0.39, 0.29) is 0 Å². The van der Waals surface area contributed by atoms with Crippen LogP contribution in [0.4, 0.5) is 0 Å². The van der Waals surface area contributed by atoms with Gasteiger partial charge in [-0.1, -0.05) is 0 Å². The molecule has 0 unspecified atom stereocenters. The lowest BCUT2D eigenvalue weighted by Crippen LogP contribution is -2.59. The molecule has 3 aliphatic rings. The van der Waals surface area contributed by atoms with Crippen LogP contribution >= 0.6 is 22.6 Å². The molecule has 0 N–H and O–H groups in total. The summed E-state index contributed by atoms with van der Waals surface area (Å²) in [5.41, 5.74) is 2.02. The fourth-order valence-electron chi connectivity index (χ4n) is 5.04. The molecule has 0 amide bonds. The Morgan fingerprint density at radius 2 is 2.14 bits per heavy atom. The Hall–Kier alpha value is -0.140. The number of hydrogen-bond acceptors (Lipinski definition) is 3. The zero-order valence-electron chi connectivity index (χ0n) is 13.8. The Morgan fingerprint density at radius 1 is 1.41 bits per heavy atom. The van der Waals surface area contributed by atoms with Gasteiger partial charge in [-0.25, -0.2) is 0 Å². The Labute approximate surface area is 146 Å². The number of nitrogens with zero attached hydrogens (tertiary/aromatic N) is 3. The molecule has 22 heavy (non-hydrogen) atoms. The predicted octanol–water partition coefficient (Wildman–Crippen LogP) is 3.28. The van der Waals surface area contributed by atoms with Gasteiger partial charge in [0.1, 0.15) is 3.70 Å². The van der Waals surface area contributed by atoms with Crippen LogP contribution in [0.15, 0.2) is 6.07 Å². The Kier molecular flexibility index (Phi) is 3.81. The number of likely N-dealkylation sites (tertiary alicyclic amines) is 1. The van der Waals surface area contributed by atoms with E-state index in [1.54, 1.807) is 0 Å². The Bertz CT molecular complexity index is 558. The van der Waals surface area contributed by atoms with Crippen LogP contribution in [0.1, 0.15) is 50.8 Å². The molecule has 4 rings (SSSR count). The van der Waals surface area contributed by atoms with E-state index in [2.05, 4.69) is 52.1 Å². The summed E-state index contributed by atoms with van der Waals surface area (Å²) in [4.78, 5) is 2.68. The van der Waals surface area contributed by atoms with Crippen LogP contribution < -0.4 is 0 Å². The first-order valence-corrected chi connectivity index (χ1v) is 9.62. The molecule has 5 heteroatoms. The number of methoxy groups -OCH3 is 1. The highest BCUT2D eigenvalue weighted by molar-refractivity contribution is 14.1. The van der Waals surface area contributed by atoms with Gasteiger partial charge in [-0.05, 0) is 73.6 Å². The standard InChI is InChI=1S/C17H26IN3O/c1-11(2)21-14(8-15(18)19-21)16-12-9-17(10-13(12)16)4-5-20(17)6-7-22-3/h8,11-13,16H,4-7,9-10H2,1-3H3/t12-,13+,16+,17+. The fourth-order valence-corrected chi connectivity index (χ4v) is 5.59. The first-order valence-electron chi connectivity index (χ1n) is 8.55. The minimum Gasteiger partial charge on any atom is -0.383 e. The Morgan fingerprint density at radius 3 is 2.68 bits per heavy atom. The minimum atomic E-state index is 0.468.